The van der Waals surface area contributed by atoms with Gasteiger partial charge in [-0.05, 0) is 5.56 Å². The third-order valence-electron chi connectivity index (χ3n) is 4.07. The number of amides is 1. The molecule has 0 saturated heterocycles. The zero-order chi connectivity index (χ0) is 21.2. The van der Waals surface area contributed by atoms with E-state index in [9.17, 15) is 4.79 Å². The SMILES string of the molecule is N#Cc1cnc(Nc2cc(N(CCN)CC(=O)NCc3ccccc3)ncn2)cn1. The summed E-state index contributed by atoms with van der Waals surface area (Å²) in [5, 5.41) is 14.7. The van der Waals surface area contributed by atoms with Crippen LogP contribution >= 0.6 is 0 Å². The minimum atomic E-state index is -0.140. The van der Waals surface area contributed by atoms with Crippen molar-refractivity contribution < 1.29 is 4.79 Å². The van der Waals surface area contributed by atoms with Gasteiger partial charge in [0.15, 0.2) is 5.69 Å². The highest BCUT2D eigenvalue weighted by atomic mass is 16.2. The van der Waals surface area contributed by atoms with Gasteiger partial charge in [-0.3, -0.25) is 4.79 Å². The fourth-order valence-electron chi connectivity index (χ4n) is 2.63. The summed E-state index contributed by atoms with van der Waals surface area (Å²) in [5.74, 6) is 1.32. The molecule has 0 spiro atoms. The predicted octanol–water partition coefficient (Wildman–Crippen LogP) is 0.963. The lowest BCUT2D eigenvalue weighted by Crippen LogP contribution is -2.40. The number of nitrogens with two attached hydrogens (primary N) is 1. The van der Waals surface area contributed by atoms with Gasteiger partial charge in [-0.1, -0.05) is 30.3 Å². The molecule has 0 aliphatic heterocycles. The molecule has 0 saturated carbocycles. The number of carbonyl (C=O) groups excluding carboxylic acids is 1. The third kappa shape index (κ3) is 5.95. The largest absolute Gasteiger partial charge is 0.350 e. The minimum absolute atomic E-state index is 0.108. The Labute approximate surface area is 173 Å². The first-order valence-corrected chi connectivity index (χ1v) is 9.25. The van der Waals surface area contributed by atoms with E-state index in [-0.39, 0.29) is 18.1 Å². The number of hydrogen-bond acceptors (Lipinski definition) is 9. The van der Waals surface area contributed by atoms with Gasteiger partial charge >= 0.3 is 0 Å². The molecular formula is C20H21N9O. The fraction of sp³-hybridized carbons (Fsp3) is 0.200. The van der Waals surface area contributed by atoms with Crippen LogP contribution in [-0.4, -0.2) is 45.5 Å². The summed E-state index contributed by atoms with van der Waals surface area (Å²) in [6.45, 7) is 1.37. The van der Waals surface area contributed by atoms with E-state index in [1.54, 1.807) is 11.0 Å². The molecule has 4 N–H and O–H groups in total. The number of aromatic nitrogens is 4. The molecule has 0 atom stereocenters. The van der Waals surface area contributed by atoms with Crippen molar-refractivity contribution in [2.45, 2.75) is 6.54 Å². The van der Waals surface area contributed by atoms with Gasteiger partial charge in [0, 0.05) is 25.7 Å². The minimum Gasteiger partial charge on any atom is -0.350 e. The van der Waals surface area contributed by atoms with Gasteiger partial charge in [0.25, 0.3) is 0 Å². The number of rotatable bonds is 9. The summed E-state index contributed by atoms with van der Waals surface area (Å²) >= 11 is 0. The molecule has 10 heteroatoms. The van der Waals surface area contributed by atoms with E-state index in [0.29, 0.717) is 37.1 Å². The first kappa shape index (κ1) is 20.6. The monoisotopic (exact) mass is 403 g/mol. The maximum atomic E-state index is 12.4. The first-order valence-electron chi connectivity index (χ1n) is 9.25. The summed E-state index contributed by atoms with van der Waals surface area (Å²) in [7, 11) is 0. The Hall–Kier alpha value is -4.10. The van der Waals surface area contributed by atoms with E-state index in [1.807, 2.05) is 36.4 Å². The van der Waals surface area contributed by atoms with Crippen LogP contribution in [0.3, 0.4) is 0 Å². The molecule has 2 aromatic heterocycles. The Bertz CT molecular complexity index is 1000. The number of benzene rings is 1. The maximum Gasteiger partial charge on any atom is 0.239 e. The number of nitrogens with one attached hydrogen (secondary N) is 2. The van der Waals surface area contributed by atoms with Gasteiger partial charge in [-0.15, -0.1) is 0 Å². The van der Waals surface area contributed by atoms with Crippen LogP contribution in [0, 0.1) is 11.3 Å². The normalized spacial score (nSPS) is 10.1. The summed E-state index contributed by atoms with van der Waals surface area (Å²) in [6.07, 6.45) is 4.19. The molecule has 3 rings (SSSR count). The topological polar surface area (TPSA) is 146 Å². The molecule has 3 aromatic rings. The average molecular weight is 403 g/mol. The van der Waals surface area contributed by atoms with Gasteiger partial charge in [0.05, 0.1) is 18.9 Å². The van der Waals surface area contributed by atoms with Crippen molar-refractivity contribution in [3.8, 4) is 6.07 Å². The van der Waals surface area contributed by atoms with E-state index >= 15 is 0 Å². The van der Waals surface area contributed by atoms with Crippen molar-refractivity contribution in [1.29, 1.82) is 5.26 Å². The van der Waals surface area contributed by atoms with Crippen molar-refractivity contribution in [3.05, 3.63) is 66.4 Å². The highest BCUT2D eigenvalue weighted by Crippen LogP contribution is 2.16. The van der Waals surface area contributed by atoms with Crippen LogP contribution in [0.15, 0.2) is 55.1 Å². The summed E-state index contributed by atoms with van der Waals surface area (Å²) in [6, 6.07) is 13.3. The third-order valence-corrected chi connectivity index (χ3v) is 4.07. The Morgan fingerprint density at radius 1 is 1.10 bits per heavy atom. The number of hydrogen-bond donors (Lipinski definition) is 3. The Balaban J connectivity index is 1.65. The number of carbonyl (C=O) groups is 1. The lowest BCUT2D eigenvalue weighted by atomic mass is 10.2. The molecule has 0 radical (unpaired) electrons. The molecule has 0 bridgehead atoms. The molecular weight excluding hydrogens is 382 g/mol. The van der Waals surface area contributed by atoms with Gasteiger partial charge in [0.1, 0.15) is 29.9 Å². The lowest BCUT2D eigenvalue weighted by Gasteiger charge is -2.22. The summed E-state index contributed by atoms with van der Waals surface area (Å²) in [4.78, 5) is 30.7. The number of nitriles is 1. The van der Waals surface area contributed by atoms with Gasteiger partial charge in [0.2, 0.25) is 5.91 Å². The van der Waals surface area contributed by atoms with E-state index in [1.165, 1.54) is 18.7 Å². The Kier molecular flexibility index (Phi) is 7.18. The molecule has 1 aromatic carbocycles. The smallest absolute Gasteiger partial charge is 0.239 e. The molecule has 0 aliphatic carbocycles. The van der Waals surface area contributed by atoms with E-state index < -0.39 is 0 Å². The van der Waals surface area contributed by atoms with Crippen LogP contribution in [0.25, 0.3) is 0 Å². The van der Waals surface area contributed by atoms with Crippen LogP contribution in [0.5, 0.6) is 0 Å². The van der Waals surface area contributed by atoms with Gasteiger partial charge in [-0.25, -0.2) is 19.9 Å². The van der Waals surface area contributed by atoms with Crippen LogP contribution in [0.2, 0.25) is 0 Å². The van der Waals surface area contributed by atoms with E-state index in [2.05, 4.69) is 30.6 Å². The van der Waals surface area contributed by atoms with E-state index in [4.69, 9.17) is 11.0 Å². The molecule has 1 amide bonds. The van der Waals surface area contributed by atoms with Gasteiger partial charge in [-0.2, -0.15) is 5.26 Å². The predicted molar refractivity (Wildman–Crippen MR) is 112 cm³/mol. The zero-order valence-corrected chi connectivity index (χ0v) is 16.2. The maximum absolute atomic E-state index is 12.4. The molecule has 0 fully saturated rings. The van der Waals surface area contributed by atoms with Crippen molar-refractivity contribution >= 4 is 23.4 Å². The van der Waals surface area contributed by atoms with E-state index in [0.717, 1.165) is 5.56 Å². The second-order valence-electron chi connectivity index (χ2n) is 6.26. The van der Waals surface area contributed by atoms with Crippen LogP contribution in [0.4, 0.5) is 17.5 Å². The zero-order valence-electron chi connectivity index (χ0n) is 16.2. The first-order chi connectivity index (χ1) is 14.7. The fourth-order valence-corrected chi connectivity index (χ4v) is 2.63. The van der Waals surface area contributed by atoms with Crippen molar-refractivity contribution in [1.82, 2.24) is 25.3 Å². The molecule has 30 heavy (non-hydrogen) atoms. The molecule has 10 nitrogen and oxygen atoms in total. The molecule has 0 unspecified atom stereocenters. The molecule has 2 heterocycles. The second-order valence-corrected chi connectivity index (χ2v) is 6.26. The summed E-state index contributed by atoms with van der Waals surface area (Å²) in [5.41, 5.74) is 6.96. The average Bonchev–Trinajstić information content (AvgIpc) is 2.79. The van der Waals surface area contributed by atoms with Crippen LogP contribution in [0.1, 0.15) is 11.3 Å². The van der Waals surface area contributed by atoms with Crippen molar-refractivity contribution in [2.75, 3.05) is 29.9 Å². The highest BCUT2D eigenvalue weighted by molar-refractivity contribution is 5.81. The summed E-state index contributed by atoms with van der Waals surface area (Å²) < 4.78 is 0. The van der Waals surface area contributed by atoms with Crippen molar-refractivity contribution in [3.63, 3.8) is 0 Å². The lowest BCUT2D eigenvalue weighted by molar-refractivity contribution is -0.119. The number of nitrogens with zero attached hydrogens (tertiary/aromatic N) is 6. The van der Waals surface area contributed by atoms with Crippen LogP contribution in [-0.2, 0) is 11.3 Å². The van der Waals surface area contributed by atoms with Gasteiger partial charge < -0.3 is 21.3 Å². The second kappa shape index (κ2) is 10.4. The highest BCUT2D eigenvalue weighted by Gasteiger charge is 2.13. The van der Waals surface area contributed by atoms with Crippen LogP contribution < -0.4 is 21.3 Å². The quantitative estimate of drug-likeness (QED) is 0.475. The molecule has 152 valence electrons. The number of anilines is 3. The molecule has 0 aliphatic rings. The van der Waals surface area contributed by atoms with Crippen molar-refractivity contribution in [2.24, 2.45) is 5.73 Å². The Morgan fingerprint density at radius 3 is 2.63 bits per heavy atom. The Morgan fingerprint density at radius 2 is 1.93 bits per heavy atom. The standard InChI is InChI=1S/C20H21N9O/c21-6-7-29(13-20(30)25-10-15-4-2-1-3-5-15)19-8-17(26-14-27-19)28-18-12-23-16(9-22)11-24-18/h1-5,8,11-12,14H,6-7,10,13,21H2,(H,25,30)(H,24,26,27,28).